The summed E-state index contributed by atoms with van der Waals surface area (Å²) in [5.74, 6) is 1.90. The van der Waals surface area contributed by atoms with Crippen LogP contribution in [0.4, 0.5) is 0 Å². The van der Waals surface area contributed by atoms with E-state index in [1.165, 1.54) is 41.4 Å². The van der Waals surface area contributed by atoms with Gasteiger partial charge in [-0.15, -0.1) is 23.5 Å². The van der Waals surface area contributed by atoms with Gasteiger partial charge in [-0.3, -0.25) is 4.79 Å². The molecule has 0 saturated heterocycles. The van der Waals surface area contributed by atoms with E-state index in [2.05, 4.69) is 120 Å². The number of thioether (sulfide) groups is 4. The summed E-state index contributed by atoms with van der Waals surface area (Å²) >= 11 is 19.6. The Morgan fingerprint density at radius 2 is 1.19 bits per heavy atom. The quantitative estimate of drug-likeness (QED) is 0.0337. The van der Waals surface area contributed by atoms with Crippen LogP contribution >= 0.6 is 71.5 Å². The van der Waals surface area contributed by atoms with E-state index in [0.717, 1.165) is 56.7 Å². The standard InChI is InChI=1S/C22H38O3S3Si2.C16H28OS3Si2.C7H12O2.Al.B.HN/c1-7-14-24-21(23)20(17-18(2)19-12-9-8-10-13-19)28-22(26)27-15-11-16-30(5,6)25-29(3)4;1-14(15-10-7-6-8-11-15)20-16(18)19-12-9-13-22(4,5)17-21(2)3;1-3-5-6-9-7(8)4-2;;;/h8-10,12-13,18,20,29H,7,11,14-17H2,1-6H3;6-8,10-11,14,21H,9,12-13H2,1-5H3;4H,2-3,5-6H2,1H3;;;1H. The van der Waals surface area contributed by atoms with E-state index >= 15 is 0 Å². The zero-order valence-electron chi connectivity index (χ0n) is 41.0. The van der Waals surface area contributed by atoms with Crippen LogP contribution in [0.15, 0.2) is 73.3 Å². The van der Waals surface area contributed by atoms with Crippen molar-refractivity contribution in [1.29, 1.82) is 4.35 Å². The molecule has 3 atom stereocenters. The Hall–Kier alpha value is -0.115. The average molecular weight is 1070 g/mol. The van der Waals surface area contributed by atoms with E-state index in [0.29, 0.717) is 18.5 Å². The normalized spacial score (nSPS) is 12.3. The molecule has 7 nitrogen and oxygen atoms in total. The fourth-order valence-electron chi connectivity index (χ4n) is 5.92. The first-order chi connectivity index (χ1) is 29.7. The number of carbonyl (C=O) groups is 2. The summed E-state index contributed by atoms with van der Waals surface area (Å²) in [6.07, 6.45) is 7.03. The van der Waals surface area contributed by atoms with E-state index in [4.69, 9.17) is 41.7 Å². The number of thiocarbonyl (C=S) groups is 2. The number of esters is 2. The van der Waals surface area contributed by atoms with Gasteiger partial charge in [0.25, 0.3) is 0 Å². The van der Waals surface area contributed by atoms with Crippen LogP contribution in [0.2, 0.25) is 64.5 Å². The topological polar surface area (TPSA) is 94.9 Å². The Bertz CT molecular complexity index is 1540. The van der Waals surface area contributed by atoms with Crippen LogP contribution in [0.5, 0.6) is 0 Å². The van der Waals surface area contributed by atoms with Gasteiger partial charge in [-0.05, 0) is 132 Å². The molecule has 2 aromatic carbocycles. The second kappa shape index (κ2) is 41.8. The van der Waals surface area contributed by atoms with Crippen LogP contribution < -0.4 is 0 Å². The van der Waals surface area contributed by atoms with Gasteiger partial charge in [-0.1, -0.05) is 142 Å². The number of hydrogen-bond acceptors (Lipinski definition) is 13. The third kappa shape index (κ3) is 38.8. The summed E-state index contributed by atoms with van der Waals surface area (Å²) < 4.78 is 30.1. The molecule has 0 spiro atoms. The Kier molecular flexibility index (Phi) is 44.5. The Labute approximate surface area is 433 Å². The molecule has 2 rings (SSSR count). The SMILES string of the molecule is C=CC(=O)OCCCC.CC(SC(=S)SCCC[Si](C)(C)O[SiH](C)C)c1ccccc1.CCCOC(=O)C(CC(C)c1ccccc1)SC(=S)SCCC[Si](C)(C)O[SiH](C)C.[B].[NH]=[Al]. The molecule has 0 saturated carbocycles. The fraction of sp³-hybridized carbons (Fsp3) is 0.600. The maximum absolute atomic E-state index is 12.6. The van der Waals surface area contributed by atoms with Crippen molar-refractivity contribution < 1.29 is 27.3 Å². The van der Waals surface area contributed by atoms with Crippen molar-refractivity contribution in [2.24, 2.45) is 0 Å². The first-order valence-corrected chi connectivity index (χ1v) is 39.0. The minimum atomic E-state index is -1.54. The van der Waals surface area contributed by atoms with Gasteiger partial charge in [0.2, 0.25) is 0 Å². The van der Waals surface area contributed by atoms with Gasteiger partial charge in [-0.2, -0.15) is 0 Å². The molecular formula is C45H79AlBNO6S6Si4. The molecule has 0 amide bonds. The van der Waals surface area contributed by atoms with Gasteiger partial charge in [0.1, 0.15) is 12.3 Å². The van der Waals surface area contributed by atoms with E-state index in [1.54, 1.807) is 39.6 Å². The van der Waals surface area contributed by atoms with Crippen LogP contribution in [0, 0.1) is 4.35 Å². The Balaban J connectivity index is -0.000000956. The molecule has 64 heavy (non-hydrogen) atoms. The van der Waals surface area contributed by atoms with Gasteiger partial charge >= 0.3 is 32.4 Å². The number of benzene rings is 2. The molecule has 19 heteroatoms. The van der Waals surface area contributed by atoms with Crippen molar-refractivity contribution in [2.75, 3.05) is 24.7 Å². The van der Waals surface area contributed by atoms with Crippen molar-refractivity contribution in [3.63, 3.8) is 0 Å². The van der Waals surface area contributed by atoms with Crippen LogP contribution in [0.1, 0.15) is 88.5 Å². The monoisotopic (exact) mass is 1070 g/mol. The van der Waals surface area contributed by atoms with Gasteiger partial charge in [0, 0.05) is 19.7 Å². The summed E-state index contributed by atoms with van der Waals surface area (Å²) in [7, 11) is -4.83. The molecule has 0 heterocycles. The molecule has 1 N–H and O–H groups in total. The van der Waals surface area contributed by atoms with Crippen molar-refractivity contribution in [3.8, 4) is 0 Å². The third-order valence-electron chi connectivity index (χ3n) is 8.73. The number of nitrogens with one attached hydrogen (secondary N) is 1. The third-order valence-corrected chi connectivity index (χ3v) is 26.4. The van der Waals surface area contributed by atoms with Gasteiger partial charge < -0.3 is 17.7 Å². The van der Waals surface area contributed by atoms with Gasteiger partial charge in [0.15, 0.2) is 34.7 Å². The van der Waals surface area contributed by atoms with Crippen LogP contribution in [0.3, 0.4) is 0 Å². The second-order valence-corrected chi connectivity index (χ2v) is 37.7. The summed E-state index contributed by atoms with van der Waals surface area (Å²) in [5.41, 5.74) is 2.59. The minimum absolute atomic E-state index is 0. The van der Waals surface area contributed by atoms with Crippen molar-refractivity contribution in [2.45, 2.75) is 147 Å². The predicted octanol–water partition coefficient (Wildman–Crippen LogP) is 14.0. The van der Waals surface area contributed by atoms with Crippen LogP contribution in [-0.2, 0) is 27.3 Å². The van der Waals surface area contributed by atoms with Gasteiger partial charge in [-0.25, -0.2) is 4.79 Å². The maximum atomic E-state index is 12.6. The molecule has 358 valence electrons. The molecule has 0 aliphatic rings. The summed E-state index contributed by atoms with van der Waals surface area (Å²) in [6.45, 7) is 31.0. The van der Waals surface area contributed by atoms with Crippen LogP contribution in [-0.4, -0.2) is 108 Å². The molecule has 0 aromatic heterocycles. The molecule has 4 radical (unpaired) electrons. The molecular weight excluding hydrogens is 993 g/mol. The number of carbonyl (C=O) groups excluding carboxylic acids is 2. The molecule has 2 aromatic rings. The number of hydrogen-bond donors (Lipinski definition) is 1. The fourth-order valence-corrected chi connectivity index (χ4v) is 25.0. The average Bonchev–Trinajstić information content (AvgIpc) is 3.23. The predicted molar refractivity (Wildman–Crippen MR) is 309 cm³/mol. The first-order valence-electron chi connectivity index (χ1n) is 22.1. The van der Waals surface area contributed by atoms with Gasteiger partial charge in [0.05, 0.1) is 13.2 Å². The summed E-state index contributed by atoms with van der Waals surface area (Å²) in [4.78, 5) is 23.0. The molecule has 0 bridgehead atoms. The number of ether oxygens (including phenoxy) is 2. The second-order valence-electron chi connectivity index (χ2n) is 16.5. The Morgan fingerprint density at radius 1 is 0.734 bits per heavy atom. The van der Waals surface area contributed by atoms with Crippen molar-refractivity contribution in [1.82, 2.24) is 0 Å². The Morgan fingerprint density at radius 3 is 1.61 bits per heavy atom. The zero-order valence-corrected chi connectivity index (χ0v) is 51.3. The van der Waals surface area contributed by atoms with E-state index in [1.807, 2.05) is 43.8 Å². The first kappa shape index (κ1) is 68.2. The number of rotatable bonds is 25. The summed E-state index contributed by atoms with van der Waals surface area (Å²) in [5, 5.41) is 0.176. The zero-order chi connectivity index (χ0) is 48.3. The molecule has 3 unspecified atom stereocenters. The van der Waals surface area contributed by atoms with Crippen molar-refractivity contribution in [3.05, 3.63) is 84.4 Å². The van der Waals surface area contributed by atoms with E-state index < -0.39 is 34.7 Å². The van der Waals surface area contributed by atoms with Crippen molar-refractivity contribution >= 4 is 150 Å². The summed E-state index contributed by atoms with van der Waals surface area (Å²) in [6, 6.07) is 23.3. The van der Waals surface area contributed by atoms with Crippen LogP contribution in [0.25, 0.3) is 0 Å². The number of unbranched alkanes of at least 4 members (excludes halogenated alkanes) is 1. The molecule has 0 fully saturated rings. The van der Waals surface area contributed by atoms with E-state index in [-0.39, 0.29) is 31.5 Å². The van der Waals surface area contributed by atoms with E-state index in [9.17, 15) is 9.59 Å². The molecule has 0 aliphatic heterocycles. The molecule has 0 aliphatic carbocycles.